The van der Waals surface area contributed by atoms with Gasteiger partial charge in [0.05, 0.1) is 24.3 Å². The van der Waals surface area contributed by atoms with Crippen LogP contribution in [0.1, 0.15) is 18.1 Å². The molecular weight excluding hydrogens is 389 g/mol. The average Bonchev–Trinajstić information content (AvgIpc) is 2.68. The molecule has 3 rings (SSSR count). The Hall–Kier alpha value is -2.11. The number of carbonyl (C=O) groups excluding carboxylic acids is 1. The van der Waals surface area contributed by atoms with E-state index in [9.17, 15) is 4.79 Å². The van der Waals surface area contributed by atoms with E-state index >= 15 is 0 Å². The molecule has 0 saturated carbocycles. The molecule has 1 atom stereocenters. The highest BCUT2D eigenvalue weighted by molar-refractivity contribution is 6.42. The minimum absolute atomic E-state index is 0.0819. The number of hydrogen-bond acceptors (Lipinski definition) is 4. The summed E-state index contributed by atoms with van der Waals surface area (Å²) in [6.07, 6.45) is 0.116. The lowest BCUT2D eigenvalue weighted by molar-refractivity contribution is -0.138. The molecule has 0 aromatic heterocycles. The van der Waals surface area contributed by atoms with E-state index in [0.717, 1.165) is 17.5 Å². The van der Waals surface area contributed by atoms with E-state index in [1.165, 1.54) is 0 Å². The number of carbonyl (C=O) groups is 1. The maximum Gasteiger partial charge on any atom is 0.263 e. The summed E-state index contributed by atoms with van der Waals surface area (Å²) in [7, 11) is 3.22. The van der Waals surface area contributed by atoms with Crippen molar-refractivity contribution in [3.63, 3.8) is 0 Å². The summed E-state index contributed by atoms with van der Waals surface area (Å²) < 4.78 is 16.5. The topological polar surface area (TPSA) is 48.0 Å². The van der Waals surface area contributed by atoms with Gasteiger partial charge in [0.25, 0.3) is 5.91 Å². The molecule has 2 aromatic carbocycles. The lowest BCUT2D eigenvalue weighted by Gasteiger charge is -2.31. The van der Waals surface area contributed by atoms with Crippen LogP contribution in [0, 0.1) is 0 Å². The van der Waals surface area contributed by atoms with E-state index in [1.807, 2.05) is 12.1 Å². The summed E-state index contributed by atoms with van der Waals surface area (Å²) in [6.45, 7) is 2.86. The number of nitrogens with zero attached hydrogens (tertiary/aromatic N) is 1. The molecule has 0 radical (unpaired) electrons. The second-order valence-corrected chi connectivity index (χ2v) is 7.14. The largest absolute Gasteiger partial charge is 0.493 e. The first-order chi connectivity index (χ1) is 12.9. The number of benzene rings is 2. The van der Waals surface area contributed by atoms with Crippen LogP contribution >= 0.6 is 23.2 Å². The Morgan fingerprint density at radius 2 is 1.70 bits per heavy atom. The molecule has 144 valence electrons. The van der Waals surface area contributed by atoms with Crippen molar-refractivity contribution in [2.24, 2.45) is 0 Å². The Bertz CT molecular complexity index is 856. The maximum absolute atomic E-state index is 12.8. The molecule has 0 N–H and O–H groups in total. The molecule has 2 aromatic rings. The van der Waals surface area contributed by atoms with Gasteiger partial charge in [-0.3, -0.25) is 4.79 Å². The van der Waals surface area contributed by atoms with Gasteiger partial charge in [0.15, 0.2) is 17.6 Å². The first-order valence-electron chi connectivity index (χ1n) is 8.57. The number of halogens is 2. The fourth-order valence-electron chi connectivity index (χ4n) is 3.13. The van der Waals surface area contributed by atoms with Crippen molar-refractivity contribution in [3.05, 3.63) is 51.5 Å². The highest BCUT2D eigenvalue weighted by atomic mass is 35.5. The molecular formula is C20H21Cl2NO4. The third-order valence-electron chi connectivity index (χ3n) is 4.58. The van der Waals surface area contributed by atoms with Crippen LogP contribution < -0.4 is 14.2 Å². The molecule has 1 unspecified atom stereocenters. The van der Waals surface area contributed by atoms with Gasteiger partial charge < -0.3 is 19.1 Å². The van der Waals surface area contributed by atoms with E-state index in [2.05, 4.69) is 0 Å². The van der Waals surface area contributed by atoms with Crippen LogP contribution in [0.15, 0.2) is 30.3 Å². The van der Waals surface area contributed by atoms with Gasteiger partial charge >= 0.3 is 0 Å². The summed E-state index contributed by atoms with van der Waals surface area (Å²) in [5.41, 5.74) is 2.21. The molecule has 1 heterocycles. The van der Waals surface area contributed by atoms with Crippen molar-refractivity contribution in [1.29, 1.82) is 0 Å². The molecule has 5 nitrogen and oxygen atoms in total. The zero-order valence-corrected chi connectivity index (χ0v) is 16.9. The van der Waals surface area contributed by atoms with Crippen LogP contribution in [-0.4, -0.2) is 37.7 Å². The van der Waals surface area contributed by atoms with Crippen molar-refractivity contribution in [2.75, 3.05) is 20.8 Å². The molecule has 0 aliphatic carbocycles. The van der Waals surface area contributed by atoms with E-state index in [4.69, 9.17) is 37.4 Å². The van der Waals surface area contributed by atoms with Gasteiger partial charge in [-0.2, -0.15) is 0 Å². The molecule has 0 bridgehead atoms. The summed E-state index contributed by atoms with van der Waals surface area (Å²) >= 11 is 11.9. The van der Waals surface area contributed by atoms with Crippen LogP contribution in [0.5, 0.6) is 17.2 Å². The first kappa shape index (κ1) is 19.6. The van der Waals surface area contributed by atoms with Gasteiger partial charge in [0.1, 0.15) is 5.75 Å². The predicted molar refractivity (Wildman–Crippen MR) is 105 cm³/mol. The third kappa shape index (κ3) is 4.25. The fraction of sp³-hybridized carbons (Fsp3) is 0.350. The Morgan fingerprint density at radius 1 is 1.04 bits per heavy atom. The molecule has 0 fully saturated rings. The Labute approximate surface area is 168 Å². The van der Waals surface area contributed by atoms with Gasteiger partial charge in [-0.05, 0) is 48.7 Å². The smallest absolute Gasteiger partial charge is 0.263 e. The fourth-order valence-corrected chi connectivity index (χ4v) is 3.42. The van der Waals surface area contributed by atoms with Crippen LogP contribution in [0.25, 0.3) is 0 Å². The zero-order valence-electron chi connectivity index (χ0n) is 15.4. The van der Waals surface area contributed by atoms with E-state index in [1.54, 1.807) is 44.2 Å². The summed E-state index contributed by atoms with van der Waals surface area (Å²) in [5.74, 6) is 1.79. The number of fused-ring (bicyclic) bond motifs is 1. The van der Waals surface area contributed by atoms with Crippen molar-refractivity contribution in [3.8, 4) is 17.2 Å². The van der Waals surface area contributed by atoms with Crippen molar-refractivity contribution in [2.45, 2.75) is 26.0 Å². The van der Waals surface area contributed by atoms with Crippen molar-refractivity contribution >= 4 is 29.1 Å². The maximum atomic E-state index is 12.8. The van der Waals surface area contributed by atoms with E-state index in [-0.39, 0.29) is 5.91 Å². The number of methoxy groups -OCH3 is 2. The molecule has 7 heteroatoms. The molecule has 0 spiro atoms. The van der Waals surface area contributed by atoms with Gasteiger partial charge in [-0.1, -0.05) is 23.2 Å². The van der Waals surface area contributed by atoms with Gasteiger partial charge in [0.2, 0.25) is 0 Å². The lowest BCUT2D eigenvalue weighted by Crippen LogP contribution is -2.43. The van der Waals surface area contributed by atoms with Crippen molar-refractivity contribution < 1.29 is 19.0 Å². The first-order valence-corrected chi connectivity index (χ1v) is 9.32. The second kappa shape index (κ2) is 8.28. The van der Waals surface area contributed by atoms with Gasteiger partial charge in [0, 0.05) is 19.2 Å². The molecule has 27 heavy (non-hydrogen) atoms. The third-order valence-corrected chi connectivity index (χ3v) is 5.32. The summed E-state index contributed by atoms with van der Waals surface area (Å²) in [4.78, 5) is 14.6. The van der Waals surface area contributed by atoms with Crippen LogP contribution in [-0.2, 0) is 17.8 Å². The monoisotopic (exact) mass is 409 g/mol. The van der Waals surface area contributed by atoms with Gasteiger partial charge in [-0.25, -0.2) is 0 Å². The zero-order chi connectivity index (χ0) is 19.6. The molecule has 0 saturated heterocycles. The summed E-state index contributed by atoms with van der Waals surface area (Å²) in [5, 5.41) is 0.835. The van der Waals surface area contributed by atoms with Crippen molar-refractivity contribution in [1.82, 2.24) is 4.90 Å². The standard InChI is InChI=1S/C20H21Cl2NO4/c1-12(27-15-4-5-16(21)17(22)10-15)20(24)23-7-6-13-8-18(25-2)19(26-3)9-14(13)11-23/h4-5,8-10,12H,6-7,11H2,1-3H3. The Morgan fingerprint density at radius 3 is 2.33 bits per heavy atom. The Kier molecular flexibility index (Phi) is 6.02. The number of ether oxygens (including phenoxy) is 3. The molecule has 1 amide bonds. The molecule has 1 aliphatic heterocycles. The number of hydrogen-bond donors (Lipinski definition) is 0. The normalized spacial score (nSPS) is 14.3. The van der Waals surface area contributed by atoms with Gasteiger partial charge in [-0.15, -0.1) is 0 Å². The SMILES string of the molecule is COc1cc2c(cc1OC)CN(C(=O)C(C)Oc1ccc(Cl)c(Cl)c1)CC2. The summed E-state index contributed by atoms with van der Waals surface area (Å²) in [6, 6.07) is 8.86. The predicted octanol–water partition coefficient (Wildman–Crippen LogP) is 4.36. The number of amides is 1. The lowest BCUT2D eigenvalue weighted by atomic mass is 9.98. The minimum atomic E-state index is -0.635. The van der Waals surface area contributed by atoms with E-state index in [0.29, 0.717) is 40.4 Å². The second-order valence-electron chi connectivity index (χ2n) is 6.32. The Balaban J connectivity index is 1.72. The van der Waals surface area contributed by atoms with Crippen LogP contribution in [0.3, 0.4) is 0 Å². The highest BCUT2D eigenvalue weighted by Crippen LogP contribution is 2.33. The van der Waals surface area contributed by atoms with Crippen LogP contribution in [0.4, 0.5) is 0 Å². The van der Waals surface area contributed by atoms with E-state index < -0.39 is 6.10 Å². The quantitative estimate of drug-likeness (QED) is 0.735. The average molecular weight is 410 g/mol. The number of rotatable bonds is 5. The molecule has 1 aliphatic rings. The minimum Gasteiger partial charge on any atom is -0.493 e. The van der Waals surface area contributed by atoms with Crippen LogP contribution in [0.2, 0.25) is 10.0 Å². The highest BCUT2D eigenvalue weighted by Gasteiger charge is 2.27.